The van der Waals surface area contributed by atoms with Crippen molar-refractivity contribution in [1.29, 1.82) is 0 Å². The third-order valence-corrected chi connectivity index (χ3v) is 6.94. The molecule has 0 radical (unpaired) electrons. The summed E-state index contributed by atoms with van der Waals surface area (Å²) in [5.74, 6) is -0.490. The van der Waals surface area contributed by atoms with Gasteiger partial charge in [-0.1, -0.05) is 54.1 Å². The minimum Gasteiger partial charge on any atom is -0.351 e. The van der Waals surface area contributed by atoms with E-state index in [1.807, 2.05) is 18.2 Å². The number of hydrogen-bond acceptors (Lipinski definition) is 4. The van der Waals surface area contributed by atoms with Gasteiger partial charge in [-0.25, -0.2) is 8.42 Å². The fraction of sp³-hybridized carbons (Fsp3) is 0.350. The van der Waals surface area contributed by atoms with E-state index in [0.29, 0.717) is 36.8 Å². The second kappa shape index (κ2) is 10.9. The van der Waals surface area contributed by atoms with E-state index in [-0.39, 0.29) is 30.6 Å². The van der Waals surface area contributed by atoms with E-state index in [1.54, 1.807) is 24.3 Å². The summed E-state index contributed by atoms with van der Waals surface area (Å²) in [6.45, 7) is 3.20. The molecule has 0 bridgehead atoms. The van der Waals surface area contributed by atoms with Gasteiger partial charge in [-0.2, -0.15) is 4.31 Å². The van der Waals surface area contributed by atoms with Gasteiger partial charge in [0.15, 0.2) is 0 Å². The lowest BCUT2D eigenvalue weighted by atomic mass is 10.2. The number of nitrogens with one attached hydrogen (secondary N) is 1. The van der Waals surface area contributed by atoms with Gasteiger partial charge in [0.05, 0.1) is 16.3 Å². The summed E-state index contributed by atoms with van der Waals surface area (Å²) in [4.78, 5) is 14.4. The molecule has 9 heteroatoms. The van der Waals surface area contributed by atoms with E-state index in [1.165, 1.54) is 9.87 Å². The highest BCUT2D eigenvalue weighted by atomic mass is 35.5. The number of hydrogen-bond donors (Lipinski definition) is 1. The molecule has 1 aliphatic heterocycles. The minimum atomic E-state index is -3.41. The average molecular weight is 458 g/mol. The summed E-state index contributed by atoms with van der Waals surface area (Å²) in [7, 11) is -3.41. The standard InChI is InChI=1S/C20H24ClN3O3S.ClH/c21-19-9-5-4-8-18(19)20(25)22-10-15-28(26,27)24-13-11-23(12-14-24)16-17-6-2-1-3-7-17;/h1-9H,10-16H2,(H,22,25);1H. The Kier molecular flexibility index (Phi) is 8.92. The van der Waals surface area contributed by atoms with Gasteiger partial charge in [0, 0.05) is 39.3 Å². The van der Waals surface area contributed by atoms with E-state index in [9.17, 15) is 13.2 Å². The number of sulfonamides is 1. The molecule has 0 atom stereocenters. The van der Waals surface area contributed by atoms with Crippen LogP contribution in [0.25, 0.3) is 0 Å². The first-order valence-electron chi connectivity index (χ1n) is 9.22. The zero-order chi connectivity index (χ0) is 20.0. The summed E-state index contributed by atoms with van der Waals surface area (Å²) in [5, 5.41) is 2.98. The number of amides is 1. The van der Waals surface area contributed by atoms with E-state index in [4.69, 9.17) is 11.6 Å². The fourth-order valence-corrected chi connectivity index (χ4v) is 4.73. The Bertz CT molecular complexity index is 902. The Labute approximate surface area is 183 Å². The van der Waals surface area contributed by atoms with E-state index < -0.39 is 10.0 Å². The number of carbonyl (C=O) groups excluding carboxylic acids is 1. The summed E-state index contributed by atoms with van der Waals surface area (Å²) in [6.07, 6.45) is 0. The predicted octanol–water partition coefficient (Wildman–Crippen LogP) is 2.64. The number of halogens is 2. The number of benzene rings is 2. The topological polar surface area (TPSA) is 69.7 Å². The van der Waals surface area contributed by atoms with Crippen LogP contribution in [0.5, 0.6) is 0 Å². The molecular weight excluding hydrogens is 433 g/mol. The van der Waals surface area contributed by atoms with Crippen molar-refractivity contribution in [2.75, 3.05) is 38.5 Å². The molecule has 6 nitrogen and oxygen atoms in total. The molecule has 0 saturated carbocycles. The third kappa shape index (κ3) is 6.69. The first-order valence-corrected chi connectivity index (χ1v) is 11.2. The fourth-order valence-electron chi connectivity index (χ4n) is 3.17. The average Bonchev–Trinajstić information content (AvgIpc) is 2.69. The largest absolute Gasteiger partial charge is 0.351 e. The Morgan fingerprint density at radius 3 is 2.24 bits per heavy atom. The maximum atomic E-state index is 12.6. The van der Waals surface area contributed by atoms with Gasteiger partial charge in [0.2, 0.25) is 10.0 Å². The molecule has 0 unspecified atom stereocenters. The second-order valence-electron chi connectivity index (χ2n) is 6.71. The summed E-state index contributed by atoms with van der Waals surface area (Å²) >= 11 is 5.99. The summed E-state index contributed by atoms with van der Waals surface area (Å²) in [5.41, 5.74) is 1.57. The molecular formula is C20H25Cl2N3O3S. The Morgan fingerprint density at radius 2 is 1.59 bits per heavy atom. The van der Waals surface area contributed by atoms with Crippen LogP contribution in [-0.2, 0) is 16.6 Å². The molecule has 1 fully saturated rings. The van der Waals surface area contributed by atoms with Crippen LogP contribution >= 0.6 is 24.0 Å². The van der Waals surface area contributed by atoms with Gasteiger partial charge in [-0.05, 0) is 17.7 Å². The Morgan fingerprint density at radius 1 is 0.966 bits per heavy atom. The molecule has 2 aromatic rings. The lowest BCUT2D eigenvalue weighted by molar-refractivity contribution is 0.0956. The molecule has 1 N–H and O–H groups in total. The van der Waals surface area contributed by atoms with E-state index in [0.717, 1.165) is 6.54 Å². The molecule has 3 rings (SSSR count). The maximum absolute atomic E-state index is 12.6. The van der Waals surface area contributed by atoms with Crippen LogP contribution in [0.15, 0.2) is 54.6 Å². The summed E-state index contributed by atoms with van der Waals surface area (Å²) < 4.78 is 26.6. The Hall–Kier alpha value is -1.64. The van der Waals surface area contributed by atoms with Crippen LogP contribution in [0.3, 0.4) is 0 Å². The molecule has 1 aliphatic rings. The zero-order valence-electron chi connectivity index (χ0n) is 16.0. The van der Waals surface area contributed by atoms with Crippen LogP contribution in [0.4, 0.5) is 0 Å². The first-order chi connectivity index (χ1) is 13.5. The van der Waals surface area contributed by atoms with E-state index in [2.05, 4.69) is 22.3 Å². The highest BCUT2D eigenvalue weighted by molar-refractivity contribution is 7.89. The van der Waals surface area contributed by atoms with Gasteiger partial charge in [0.25, 0.3) is 5.91 Å². The SMILES string of the molecule is Cl.O=C(NCCS(=O)(=O)N1CCN(Cc2ccccc2)CC1)c1ccccc1Cl. The zero-order valence-corrected chi connectivity index (χ0v) is 18.3. The molecule has 0 aromatic heterocycles. The van der Waals surface area contributed by atoms with Crippen molar-refractivity contribution in [2.24, 2.45) is 0 Å². The van der Waals surface area contributed by atoms with Crippen molar-refractivity contribution in [1.82, 2.24) is 14.5 Å². The lowest BCUT2D eigenvalue weighted by Crippen LogP contribution is -2.49. The minimum absolute atomic E-state index is 0. The smallest absolute Gasteiger partial charge is 0.252 e. The highest BCUT2D eigenvalue weighted by Crippen LogP contribution is 2.15. The number of rotatable bonds is 7. The third-order valence-electron chi connectivity index (χ3n) is 4.74. The van der Waals surface area contributed by atoms with Crippen LogP contribution in [-0.4, -0.2) is 62.0 Å². The molecule has 1 heterocycles. The molecule has 1 saturated heterocycles. The highest BCUT2D eigenvalue weighted by Gasteiger charge is 2.26. The maximum Gasteiger partial charge on any atom is 0.252 e. The second-order valence-corrected chi connectivity index (χ2v) is 9.21. The van der Waals surface area contributed by atoms with Crippen molar-refractivity contribution in [3.63, 3.8) is 0 Å². The first kappa shape index (κ1) is 23.6. The van der Waals surface area contributed by atoms with Gasteiger partial charge < -0.3 is 5.32 Å². The molecule has 158 valence electrons. The van der Waals surface area contributed by atoms with Crippen molar-refractivity contribution >= 4 is 39.9 Å². The van der Waals surface area contributed by atoms with Crippen molar-refractivity contribution in [3.8, 4) is 0 Å². The van der Waals surface area contributed by atoms with Gasteiger partial charge in [-0.3, -0.25) is 9.69 Å². The van der Waals surface area contributed by atoms with Crippen molar-refractivity contribution in [2.45, 2.75) is 6.54 Å². The van der Waals surface area contributed by atoms with Gasteiger partial charge in [0.1, 0.15) is 0 Å². The summed E-state index contributed by atoms with van der Waals surface area (Å²) in [6, 6.07) is 16.8. The molecule has 2 aromatic carbocycles. The lowest BCUT2D eigenvalue weighted by Gasteiger charge is -2.34. The number of piperazine rings is 1. The van der Waals surface area contributed by atoms with E-state index >= 15 is 0 Å². The number of carbonyl (C=O) groups is 1. The Balaban J connectivity index is 0.00000300. The number of nitrogens with zero attached hydrogens (tertiary/aromatic N) is 2. The van der Waals surface area contributed by atoms with Crippen molar-refractivity contribution < 1.29 is 13.2 Å². The van der Waals surface area contributed by atoms with Gasteiger partial charge >= 0.3 is 0 Å². The van der Waals surface area contributed by atoms with Crippen molar-refractivity contribution in [3.05, 3.63) is 70.7 Å². The predicted molar refractivity (Wildman–Crippen MR) is 118 cm³/mol. The molecule has 0 spiro atoms. The molecule has 0 aliphatic carbocycles. The quantitative estimate of drug-likeness (QED) is 0.693. The van der Waals surface area contributed by atoms with Crippen LogP contribution < -0.4 is 5.32 Å². The molecule has 1 amide bonds. The molecule has 29 heavy (non-hydrogen) atoms. The van der Waals surface area contributed by atoms with Crippen LogP contribution in [0, 0.1) is 0 Å². The van der Waals surface area contributed by atoms with Crippen LogP contribution in [0.2, 0.25) is 5.02 Å². The van der Waals surface area contributed by atoms with Crippen LogP contribution in [0.1, 0.15) is 15.9 Å². The normalized spacial score (nSPS) is 15.5. The van der Waals surface area contributed by atoms with Gasteiger partial charge in [-0.15, -0.1) is 12.4 Å². The monoisotopic (exact) mass is 457 g/mol.